The highest BCUT2D eigenvalue weighted by Crippen LogP contribution is 2.35. The fourth-order valence-corrected chi connectivity index (χ4v) is 8.66. The summed E-state index contributed by atoms with van der Waals surface area (Å²) < 4.78 is 37.1. The average molecular weight is 967 g/mol. The minimum Gasteiger partial charge on any atom is -0.490 e. The Hall–Kier alpha value is -8.06. The number of fused-ring (bicyclic) bond motifs is 2. The topological polar surface area (TPSA) is 138 Å². The van der Waals surface area contributed by atoms with Crippen molar-refractivity contribution in [3.8, 4) is 56.4 Å². The number of rotatable bonds is 22. The third-order valence-electron chi connectivity index (χ3n) is 12.0. The Bertz CT molecular complexity index is 3030. The second kappa shape index (κ2) is 24.2. The van der Waals surface area contributed by atoms with E-state index in [-0.39, 0.29) is 24.1 Å². The molecule has 12 nitrogen and oxygen atoms in total. The van der Waals surface area contributed by atoms with Crippen LogP contribution < -0.4 is 20.3 Å². The van der Waals surface area contributed by atoms with Crippen molar-refractivity contribution in [2.45, 2.75) is 38.9 Å². The van der Waals surface area contributed by atoms with E-state index in [2.05, 4.69) is 13.8 Å². The minimum absolute atomic E-state index is 0.0232. The van der Waals surface area contributed by atoms with Crippen LogP contribution in [0.3, 0.4) is 0 Å². The summed E-state index contributed by atoms with van der Waals surface area (Å²) in [6.45, 7) is 6.26. The van der Waals surface area contributed by atoms with E-state index >= 15 is 0 Å². The van der Waals surface area contributed by atoms with E-state index in [1.807, 2.05) is 145 Å². The Balaban J connectivity index is 0.951. The Morgan fingerprint density at radius 3 is 1.19 bits per heavy atom. The van der Waals surface area contributed by atoms with Gasteiger partial charge in [0, 0.05) is 48.5 Å². The van der Waals surface area contributed by atoms with Crippen LogP contribution in [0.25, 0.3) is 66.8 Å². The minimum atomic E-state index is -0.755. The summed E-state index contributed by atoms with van der Waals surface area (Å²) >= 11 is 0. The van der Waals surface area contributed by atoms with Gasteiger partial charge in [0.2, 0.25) is 10.9 Å². The summed E-state index contributed by atoms with van der Waals surface area (Å²) in [4.78, 5) is 58.9. The number of nitrogens with zero attached hydrogens (tertiary/aromatic N) is 2. The van der Waals surface area contributed by atoms with Gasteiger partial charge < -0.3 is 37.6 Å². The maximum atomic E-state index is 14.1. The fourth-order valence-electron chi connectivity index (χ4n) is 8.66. The quantitative estimate of drug-likeness (QED) is 0.0472. The van der Waals surface area contributed by atoms with Crippen molar-refractivity contribution in [3.05, 3.63) is 190 Å². The molecule has 0 saturated heterocycles. The van der Waals surface area contributed by atoms with Crippen LogP contribution in [0.2, 0.25) is 0 Å². The Kier molecular flexibility index (Phi) is 16.9. The van der Waals surface area contributed by atoms with Gasteiger partial charge in [0.25, 0.3) is 0 Å². The fraction of sp³-hybridized carbons (Fsp3) is 0.233. The number of hydrogen-bond acceptors (Lipinski definition) is 12. The van der Waals surface area contributed by atoms with Gasteiger partial charge in [-0.05, 0) is 75.4 Å². The van der Waals surface area contributed by atoms with E-state index in [9.17, 15) is 19.2 Å². The Morgan fingerprint density at radius 2 is 0.847 bits per heavy atom. The third kappa shape index (κ3) is 12.6. The van der Waals surface area contributed by atoms with Gasteiger partial charge in [-0.3, -0.25) is 9.59 Å². The molecule has 2 unspecified atom stereocenters. The van der Waals surface area contributed by atoms with Gasteiger partial charge in [-0.1, -0.05) is 135 Å². The molecular formula is C60H58N2O10. The largest absolute Gasteiger partial charge is 0.490 e. The first kappa shape index (κ1) is 50.3. The van der Waals surface area contributed by atoms with Gasteiger partial charge in [0.05, 0.1) is 21.9 Å². The highest BCUT2D eigenvalue weighted by atomic mass is 16.6. The lowest BCUT2D eigenvalue weighted by molar-refractivity contribution is -0.148. The van der Waals surface area contributed by atoms with Crippen molar-refractivity contribution in [2.75, 3.05) is 53.5 Å². The highest BCUT2D eigenvalue weighted by Gasteiger charge is 2.23. The van der Waals surface area contributed by atoms with Crippen molar-refractivity contribution < 1.29 is 37.4 Å². The van der Waals surface area contributed by atoms with E-state index in [4.69, 9.17) is 27.8 Å². The zero-order valence-corrected chi connectivity index (χ0v) is 41.0. The van der Waals surface area contributed by atoms with Crippen LogP contribution >= 0.6 is 0 Å². The maximum absolute atomic E-state index is 14.1. The normalized spacial score (nSPS) is 12.4. The zero-order valence-electron chi connectivity index (χ0n) is 41.0. The van der Waals surface area contributed by atoms with Crippen molar-refractivity contribution in [3.63, 3.8) is 0 Å². The van der Waals surface area contributed by atoms with Gasteiger partial charge in [-0.2, -0.15) is 0 Å². The summed E-state index contributed by atoms with van der Waals surface area (Å²) in [6, 6.07) is 47.9. The van der Waals surface area contributed by atoms with Crippen LogP contribution in [0, 0.1) is 0 Å². The van der Waals surface area contributed by atoms with Crippen molar-refractivity contribution in [1.29, 1.82) is 0 Å². The second-order valence-corrected chi connectivity index (χ2v) is 17.6. The van der Waals surface area contributed by atoms with E-state index in [1.54, 1.807) is 36.4 Å². The molecule has 0 aliphatic rings. The van der Waals surface area contributed by atoms with Crippen LogP contribution in [0.5, 0.6) is 11.5 Å². The predicted molar refractivity (Wildman–Crippen MR) is 282 cm³/mol. The smallest absolute Gasteiger partial charge is 0.331 e. The number of likely N-dealkylation sites (N-methyl/N-ethyl adjacent to an activating group) is 2. The third-order valence-corrected chi connectivity index (χ3v) is 12.0. The van der Waals surface area contributed by atoms with Crippen molar-refractivity contribution in [1.82, 2.24) is 9.80 Å². The summed E-state index contributed by atoms with van der Waals surface area (Å²) in [5.74, 6) is 0.208. The summed E-state index contributed by atoms with van der Waals surface area (Å²) in [5, 5.41) is 0.793. The van der Waals surface area contributed by atoms with Gasteiger partial charge in [0.1, 0.15) is 59.6 Å². The lowest BCUT2D eigenvalue weighted by Crippen LogP contribution is -2.37. The van der Waals surface area contributed by atoms with Gasteiger partial charge in [-0.15, -0.1) is 0 Å². The molecule has 12 heteroatoms. The molecule has 8 aromatic rings. The van der Waals surface area contributed by atoms with E-state index < -0.39 is 24.1 Å². The molecule has 0 fully saturated rings. The van der Waals surface area contributed by atoms with Crippen molar-refractivity contribution >= 4 is 33.9 Å². The number of hydrogen-bond donors (Lipinski definition) is 0. The average Bonchev–Trinajstić information content (AvgIpc) is 3.39. The first-order valence-corrected chi connectivity index (χ1v) is 24.2. The SMILES string of the molecule is CCCN(C)CC(COc1ccc2c(=O)c(-c3ccccc3)c(-c3ccccc3)oc2c1)OC(=O)/C=C\C(=O)OC(COc1ccc2c(=O)c(-c3ccccc3)c(-c3ccccc3)oc2c1)CN(C)CCC. The number of esters is 2. The molecule has 0 aliphatic carbocycles. The van der Waals surface area contributed by atoms with Crippen LogP contribution in [-0.4, -0.2) is 87.4 Å². The number of carbonyl (C=O) groups excluding carboxylic acids is 2. The summed E-state index contributed by atoms with van der Waals surface area (Å²) in [5.41, 5.74) is 4.29. The molecule has 0 bridgehead atoms. The first-order valence-electron chi connectivity index (χ1n) is 24.2. The molecule has 2 aromatic heterocycles. The molecule has 0 N–H and O–H groups in total. The van der Waals surface area contributed by atoms with Crippen molar-refractivity contribution in [2.24, 2.45) is 0 Å². The van der Waals surface area contributed by atoms with Crippen LogP contribution in [0.1, 0.15) is 26.7 Å². The van der Waals surface area contributed by atoms with Crippen LogP contribution in [-0.2, 0) is 19.1 Å². The molecule has 0 amide bonds. The summed E-state index contributed by atoms with van der Waals surface area (Å²) in [7, 11) is 3.85. The highest BCUT2D eigenvalue weighted by molar-refractivity contribution is 5.92. The maximum Gasteiger partial charge on any atom is 0.331 e. The lowest BCUT2D eigenvalue weighted by atomic mass is 9.98. The molecule has 72 heavy (non-hydrogen) atoms. The van der Waals surface area contributed by atoms with Crippen LogP contribution in [0.15, 0.2) is 188 Å². The van der Waals surface area contributed by atoms with Gasteiger partial charge >= 0.3 is 11.9 Å². The number of benzene rings is 6. The molecule has 0 radical (unpaired) electrons. The molecule has 368 valence electrons. The van der Waals surface area contributed by atoms with Gasteiger partial charge in [-0.25, -0.2) is 9.59 Å². The standard InChI is InChI=1S/C60H58N2O10/c1-5-33-61(3)37-47(39-67-45-27-29-49-51(35-45)71-59(43-23-15-9-16-24-43)55(57(49)65)41-19-11-7-12-20-41)69-53(63)31-32-54(64)70-48(38-62(4)34-6-2)40-68-46-28-30-50-52(36-46)72-60(44-25-17-10-18-26-44)56(58(50)66)42-21-13-8-14-22-42/h7-32,35-36,47-48H,5-6,33-34,37-40H2,1-4H3/b32-31-. The molecule has 2 atom stereocenters. The molecule has 0 saturated carbocycles. The number of ether oxygens (including phenoxy) is 4. The molecule has 6 aromatic carbocycles. The molecule has 8 rings (SSSR count). The van der Waals surface area contributed by atoms with Crippen LogP contribution in [0.4, 0.5) is 0 Å². The summed E-state index contributed by atoms with van der Waals surface area (Å²) in [6.07, 6.45) is 2.37. The predicted octanol–water partition coefficient (Wildman–Crippen LogP) is 11.1. The number of carbonyl (C=O) groups is 2. The van der Waals surface area contributed by atoms with E-state index in [0.717, 1.165) is 60.3 Å². The zero-order chi connectivity index (χ0) is 50.4. The van der Waals surface area contributed by atoms with E-state index in [0.29, 0.717) is 69.2 Å². The monoisotopic (exact) mass is 966 g/mol. The Labute approximate surface area is 418 Å². The van der Waals surface area contributed by atoms with Gasteiger partial charge in [0.15, 0.2) is 0 Å². The van der Waals surface area contributed by atoms with E-state index in [1.165, 1.54) is 0 Å². The second-order valence-electron chi connectivity index (χ2n) is 17.6. The Morgan fingerprint density at radius 1 is 0.500 bits per heavy atom. The first-order chi connectivity index (χ1) is 35.1. The molecule has 2 heterocycles. The molecule has 0 spiro atoms. The molecule has 0 aliphatic heterocycles. The molecular weight excluding hydrogens is 909 g/mol. The lowest BCUT2D eigenvalue weighted by Gasteiger charge is -2.24.